The van der Waals surface area contributed by atoms with Gasteiger partial charge in [-0.25, -0.2) is 18.4 Å². The molecule has 0 unspecified atom stereocenters. The van der Waals surface area contributed by atoms with E-state index in [0.29, 0.717) is 5.69 Å². The standard InChI is InChI=1S/C18H14F3N3O2S/c1-27(25,26)14-9-7-12(8-10-14)17-23-15(18(19,20)21)11-16(24-17)22-13-5-3-2-4-6-13/h2-11H,1H3,(H,22,23,24). The quantitative estimate of drug-likeness (QED) is 0.715. The van der Waals surface area contributed by atoms with Gasteiger partial charge in [-0.15, -0.1) is 0 Å². The lowest BCUT2D eigenvalue weighted by molar-refractivity contribution is -0.141. The van der Waals surface area contributed by atoms with Crippen LogP contribution in [0.1, 0.15) is 5.69 Å². The summed E-state index contributed by atoms with van der Waals surface area (Å²) >= 11 is 0. The largest absolute Gasteiger partial charge is 0.433 e. The summed E-state index contributed by atoms with van der Waals surface area (Å²) in [6.07, 6.45) is -3.61. The predicted octanol–water partition coefficient (Wildman–Crippen LogP) is 4.31. The minimum atomic E-state index is -4.66. The second kappa shape index (κ2) is 6.99. The van der Waals surface area contributed by atoms with Gasteiger partial charge in [0.1, 0.15) is 5.82 Å². The Hall–Kier alpha value is -2.94. The van der Waals surface area contributed by atoms with Crippen molar-refractivity contribution < 1.29 is 21.6 Å². The molecule has 140 valence electrons. The zero-order chi connectivity index (χ0) is 19.7. The topological polar surface area (TPSA) is 72.0 Å². The maximum Gasteiger partial charge on any atom is 0.433 e. The van der Waals surface area contributed by atoms with E-state index in [2.05, 4.69) is 15.3 Å². The molecule has 0 amide bonds. The number of hydrogen-bond acceptors (Lipinski definition) is 5. The van der Waals surface area contributed by atoms with E-state index in [0.717, 1.165) is 12.3 Å². The molecule has 0 saturated heterocycles. The van der Waals surface area contributed by atoms with Crippen molar-refractivity contribution >= 4 is 21.3 Å². The highest BCUT2D eigenvalue weighted by Gasteiger charge is 2.34. The first kappa shape index (κ1) is 18.8. The number of para-hydroxylation sites is 1. The molecule has 0 radical (unpaired) electrons. The molecule has 1 heterocycles. The lowest BCUT2D eigenvalue weighted by Gasteiger charge is -2.12. The fourth-order valence-electron chi connectivity index (χ4n) is 2.31. The highest BCUT2D eigenvalue weighted by Crippen LogP contribution is 2.31. The summed E-state index contributed by atoms with van der Waals surface area (Å²) in [5.74, 6) is -0.186. The Balaban J connectivity index is 2.05. The number of anilines is 2. The monoisotopic (exact) mass is 393 g/mol. The number of hydrogen-bond donors (Lipinski definition) is 1. The van der Waals surface area contributed by atoms with Crippen LogP contribution in [-0.4, -0.2) is 24.6 Å². The van der Waals surface area contributed by atoms with Gasteiger partial charge >= 0.3 is 6.18 Å². The van der Waals surface area contributed by atoms with E-state index in [4.69, 9.17) is 0 Å². The third-order valence-electron chi connectivity index (χ3n) is 3.60. The first-order valence-electron chi connectivity index (χ1n) is 7.72. The van der Waals surface area contributed by atoms with Gasteiger partial charge in [-0.05, 0) is 36.4 Å². The van der Waals surface area contributed by atoms with Gasteiger partial charge in [0, 0.05) is 23.6 Å². The van der Waals surface area contributed by atoms with Gasteiger partial charge < -0.3 is 5.32 Å². The first-order chi connectivity index (χ1) is 12.6. The van der Waals surface area contributed by atoms with Gasteiger partial charge in [0.25, 0.3) is 0 Å². The number of rotatable bonds is 4. The third-order valence-corrected chi connectivity index (χ3v) is 4.73. The van der Waals surface area contributed by atoms with Crippen LogP contribution < -0.4 is 5.32 Å². The molecule has 0 aliphatic rings. The molecular weight excluding hydrogens is 379 g/mol. The fourth-order valence-corrected chi connectivity index (χ4v) is 2.94. The molecule has 1 aromatic heterocycles. The summed E-state index contributed by atoms with van der Waals surface area (Å²) in [6.45, 7) is 0. The molecule has 0 fully saturated rings. The Kier molecular flexibility index (Phi) is 4.88. The Bertz CT molecular complexity index is 1050. The Morgan fingerprint density at radius 1 is 0.926 bits per heavy atom. The van der Waals surface area contributed by atoms with Crippen molar-refractivity contribution in [2.75, 3.05) is 11.6 Å². The first-order valence-corrected chi connectivity index (χ1v) is 9.61. The zero-order valence-electron chi connectivity index (χ0n) is 14.0. The number of aromatic nitrogens is 2. The van der Waals surface area contributed by atoms with Crippen LogP contribution >= 0.6 is 0 Å². The molecule has 1 N–H and O–H groups in total. The molecular formula is C18H14F3N3O2S. The summed E-state index contributed by atoms with van der Waals surface area (Å²) in [5, 5.41) is 2.82. The summed E-state index contributed by atoms with van der Waals surface area (Å²) < 4.78 is 62.7. The molecule has 3 aromatic rings. The van der Waals surface area contributed by atoms with Crippen LogP contribution in [0.4, 0.5) is 24.7 Å². The van der Waals surface area contributed by atoms with Crippen LogP contribution in [0.25, 0.3) is 11.4 Å². The Labute approximate surface area is 153 Å². The van der Waals surface area contributed by atoms with E-state index in [1.54, 1.807) is 30.3 Å². The normalized spacial score (nSPS) is 12.0. The maximum absolute atomic E-state index is 13.2. The van der Waals surface area contributed by atoms with Crippen molar-refractivity contribution in [2.45, 2.75) is 11.1 Å². The van der Waals surface area contributed by atoms with E-state index < -0.39 is 21.7 Å². The molecule has 9 heteroatoms. The van der Waals surface area contributed by atoms with Crippen LogP contribution in [-0.2, 0) is 16.0 Å². The summed E-state index contributed by atoms with van der Waals surface area (Å²) in [4.78, 5) is 7.77. The van der Waals surface area contributed by atoms with Crippen molar-refractivity contribution in [1.29, 1.82) is 0 Å². The van der Waals surface area contributed by atoms with Gasteiger partial charge in [-0.3, -0.25) is 0 Å². The van der Waals surface area contributed by atoms with Crippen molar-refractivity contribution in [3.8, 4) is 11.4 Å². The minimum Gasteiger partial charge on any atom is -0.340 e. The van der Waals surface area contributed by atoms with Crippen LogP contribution in [0, 0.1) is 0 Å². The highest BCUT2D eigenvalue weighted by atomic mass is 32.2. The van der Waals surface area contributed by atoms with E-state index in [1.165, 1.54) is 24.3 Å². The van der Waals surface area contributed by atoms with Gasteiger partial charge in [0.05, 0.1) is 4.90 Å². The Morgan fingerprint density at radius 3 is 2.11 bits per heavy atom. The van der Waals surface area contributed by atoms with Gasteiger partial charge in [-0.1, -0.05) is 18.2 Å². The predicted molar refractivity (Wildman–Crippen MR) is 95.3 cm³/mol. The van der Waals surface area contributed by atoms with Crippen LogP contribution in [0.2, 0.25) is 0 Å². The van der Waals surface area contributed by atoms with Crippen LogP contribution in [0.3, 0.4) is 0 Å². The summed E-state index contributed by atoms with van der Waals surface area (Å²) in [7, 11) is -3.42. The average molecular weight is 393 g/mol. The van der Waals surface area contributed by atoms with E-state index in [9.17, 15) is 21.6 Å². The number of nitrogens with one attached hydrogen (secondary N) is 1. The van der Waals surface area contributed by atoms with Crippen molar-refractivity contribution in [1.82, 2.24) is 9.97 Å². The summed E-state index contributed by atoms with van der Waals surface area (Å²) in [6, 6.07) is 14.8. The SMILES string of the molecule is CS(=O)(=O)c1ccc(-c2nc(Nc3ccccc3)cc(C(F)(F)F)n2)cc1. The van der Waals surface area contributed by atoms with Crippen LogP contribution in [0.5, 0.6) is 0 Å². The zero-order valence-corrected chi connectivity index (χ0v) is 14.8. The highest BCUT2D eigenvalue weighted by molar-refractivity contribution is 7.90. The number of alkyl halides is 3. The molecule has 0 saturated carbocycles. The third kappa shape index (κ3) is 4.62. The van der Waals surface area contributed by atoms with E-state index in [1.807, 2.05) is 0 Å². The second-order valence-corrected chi connectivity index (χ2v) is 7.76. The smallest absolute Gasteiger partial charge is 0.340 e. The number of sulfone groups is 1. The molecule has 0 bridgehead atoms. The molecule has 0 aliphatic heterocycles. The summed E-state index contributed by atoms with van der Waals surface area (Å²) in [5.41, 5.74) is -0.259. The van der Waals surface area contributed by atoms with Crippen molar-refractivity contribution in [2.24, 2.45) is 0 Å². The van der Waals surface area contributed by atoms with Crippen molar-refractivity contribution in [3.63, 3.8) is 0 Å². The molecule has 5 nitrogen and oxygen atoms in total. The van der Waals surface area contributed by atoms with Crippen LogP contribution in [0.15, 0.2) is 65.6 Å². The molecule has 2 aromatic carbocycles. The lowest BCUT2D eigenvalue weighted by Crippen LogP contribution is -2.11. The molecule has 0 aliphatic carbocycles. The molecule has 0 atom stereocenters. The van der Waals surface area contributed by atoms with E-state index in [-0.39, 0.29) is 22.1 Å². The number of halogens is 3. The minimum absolute atomic E-state index is 0.0225. The van der Waals surface area contributed by atoms with E-state index >= 15 is 0 Å². The lowest BCUT2D eigenvalue weighted by atomic mass is 10.2. The van der Waals surface area contributed by atoms with Gasteiger partial charge in [0.2, 0.25) is 0 Å². The van der Waals surface area contributed by atoms with Gasteiger partial charge in [0.15, 0.2) is 21.4 Å². The average Bonchev–Trinajstić information content (AvgIpc) is 2.61. The number of nitrogens with zero attached hydrogens (tertiary/aromatic N) is 2. The number of benzene rings is 2. The molecule has 0 spiro atoms. The Morgan fingerprint density at radius 2 is 1.56 bits per heavy atom. The molecule has 3 rings (SSSR count). The fraction of sp³-hybridized carbons (Fsp3) is 0.111. The molecule has 27 heavy (non-hydrogen) atoms. The maximum atomic E-state index is 13.2. The van der Waals surface area contributed by atoms with Crippen molar-refractivity contribution in [3.05, 3.63) is 66.4 Å². The van der Waals surface area contributed by atoms with Gasteiger partial charge in [-0.2, -0.15) is 13.2 Å². The second-order valence-electron chi connectivity index (χ2n) is 5.75.